The molecular formula is C19H19N2O2P. The van der Waals surface area contributed by atoms with E-state index in [0.717, 1.165) is 32.0 Å². The molecule has 0 amide bonds. The van der Waals surface area contributed by atoms with Gasteiger partial charge in [0, 0.05) is 17.5 Å². The minimum atomic E-state index is 0.611. The van der Waals surface area contributed by atoms with Crippen LogP contribution in [0.15, 0.2) is 46.9 Å². The quantitative estimate of drug-likeness (QED) is 0.610. The van der Waals surface area contributed by atoms with Gasteiger partial charge in [-0.25, -0.2) is 0 Å². The number of benzene rings is 2. The summed E-state index contributed by atoms with van der Waals surface area (Å²) in [6, 6.07) is 15.1. The molecule has 3 rings (SSSR count). The fourth-order valence-electron chi connectivity index (χ4n) is 2.58. The lowest BCUT2D eigenvalue weighted by atomic mass is 10.1. The van der Waals surface area contributed by atoms with Crippen molar-refractivity contribution < 1.29 is 9.15 Å². The molecule has 0 aliphatic rings. The largest absolute Gasteiger partial charge is 0.457 e. The van der Waals surface area contributed by atoms with Crippen molar-refractivity contribution in [3.63, 3.8) is 0 Å². The van der Waals surface area contributed by atoms with E-state index < -0.39 is 0 Å². The third-order valence-corrected chi connectivity index (χ3v) is 4.89. The van der Waals surface area contributed by atoms with Crippen molar-refractivity contribution in [1.82, 2.24) is 4.67 Å². The Bertz CT molecular complexity index is 894. The third kappa shape index (κ3) is 3.28. The van der Waals surface area contributed by atoms with Crippen LogP contribution in [0.5, 0.6) is 11.5 Å². The van der Waals surface area contributed by atoms with Crippen molar-refractivity contribution in [1.29, 1.82) is 5.26 Å². The van der Waals surface area contributed by atoms with E-state index in [-0.39, 0.29) is 0 Å². The van der Waals surface area contributed by atoms with Gasteiger partial charge >= 0.3 is 0 Å². The number of hydrogen-bond donors (Lipinski definition) is 0. The monoisotopic (exact) mass is 338 g/mol. The summed E-state index contributed by atoms with van der Waals surface area (Å²) >= 11 is 0. The van der Waals surface area contributed by atoms with Gasteiger partial charge < -0.3 is 9.15 Å². The third-order valence-electron chi connectivity index (χ3n) is 3.97. The molecule has 1 atom stereocenters. The summed E-state index contributed by atoms with van der Waals surface area (Å²) in [6.45, 7) is 5.01. The standard InChI is InChI=1S/C19H19N2O2P/c1-13-17(12-21(2)24-3)16-5-4-6-18(19(16)22-13)23-15-9-7-14(11-20)8-10-15/h4-10,24H,12H2,1-3H3. The smallest absolute Gasteiger partial charge is 0.177 e. The number of nitrogens with zero attached hydrogens (tertiary/aromatic N) is 2. The first-order valence-corrected chi connectivity index (χ1v) is 9.14. The Kier molecular flexibility index (Phi) is 4.85. The lowest BCUT2D eigenvalue weighted by Gasteiger charge is -2.13. The van der Waals surface area contributed by atoms with E-state index in [1.165, 1.54) is 5.56 Å². The van der Waals surface area contributed by atoms with Gasteiger partial charge in [0.1, 0.15) is 11.5 Å². The van der Waals surface area contributed by atoms with Gasteiger partial charge in [-0.2, -0.15) is 5.26 Å². The Morgan fingerprint density at radius 2 is 1.96 bits per heavy atom. The fourth-order valence-corrected chi connectivity index (χ4v) is 2.90. The Hall–Kier alpha value is -2.34. The second kappa shape index (κ2) is 7.05. The lowest BCUT2D eigenvalue weighted by molar-refractivity contribution is 0.467. The Labute approximate surface area is 143 Å². The summed E-state index contributed by atoms with van der Waals surface area (Å²) in [5, 5.41) is 9.96. The molecule has 0 saturated carbocycles. The first kappa shape index (κ1) is 16.5. The summed E-state index contributed by atoms with van der Waals surface area (Å²) in [4.78, 5) is 0. The highest BCUT2D eigenvalue weighted by Gasteiger charge is 2.16. The van der Waals surface area contributed by atoms with Gasteiger partial charge in [-0.1, -0.05) is 20.9 Å². The number of ether oxygens (including phenoxy) is 1. The molecule has 24 heavy (non-hydrogen) atoms. The van der Waals surface area contributed by atoms with Gasteiger partial charge in [0.15, 0.2) is 11.3 Å². The van der Waals surface area contributed by atoms with Crippen LogP contribution in [0.25, 0.3) is 11.0 Å². The van der Waals surface area contributed by atoms with Crippen LogP contribution >= 0.6 is 8.73 Å². The average Bonchev–Trinajstić information content (AvgIpc) is 2.92. The maximum Gasteiger partial charge on any atom is 0.177 e. The van der Waals surface area contributed by atoms with E-state index in [9.17, 15) is 0 Å². The van der Waals surface area contributed by atoms with Crippen molar-refractivity contribution in [3.8, 4) is 17.6 Å². The van der Waals surface area contributed by atoms with Crippen LogP contribution in [0.1, 0.15) is 16.9 Å². The molecule has 122 valence electrons. The van der Waals surface area contributed by atoms with Gasteiger partial charge in [-0.05, 0) is 51.0 Å². The molecule has 3 aromatic rings. The zero-order chi connectivity index (χ0) is 17.1. The number of fused-ring (bicyclic) bond motifs is 1. The number of para-hydroxylation sites is 1. The van der Waals surface area contributed by atoms with Gasteiger partial charge in [-0.3, -0.25) is 4.67 Å². The van der Waals surface area contributed by atoms with Crippen molar-refractivity contribution in [2.24, 2.45) is 0 Å². The van der Waals surface area contributed by atoms with E-state index in [4.69, 9.17) is 14.4 Å². The van der Waals surface area contributed by atoms with E-state index in [2.05, 4.69) is 30.5 Å². The van der Waals surface area contributed by atoms with E-state index in [1.807, 2.05) is 19.1 Å². The molecule has 0 aliphatic heterocycles. The second-order valence-corrected chi connectivity index (χ2v) is 6.80. The molecule has 0 bridgehead atoms. The summed E-state index contributed by atoms with van der Waals surface area (Å²) in [6.07, 6.45) is 0. The maximum atomic E-state index is 8.88. The average molecular weight is 338 g/mol. The minimum Gasteiger partial charge on any atom is -0.457 e. The highest BCUT2D eigenvalue weighted by molar-refractivity contribution is 7.34. The number of nitriles is 1. The summed E-state index contributed by atoms with van der Waals surface area (Å²) in [5.74, 6) is 2.29. The van der Waals surface area contributed by atoms with E-state index >= 15 is 0 Å². The van der Waals surface area contributed by atoms with Gasteiger partial charge in [0.25, 0.3) is 0 Å². The number of hydrogen-bond acceptors (Lipinski definition) is 4. The summed E-state index contributed by atoms with van der Waals surface area (Å²) < 4.78 is 14.2. The molecule has 2 aromatic carbocycles. The summed E-state index contributed by atoms with van der Waals surface area (Å²) in [5.41, 5.74) is 2.58. The highest BCUT2D eigenvalue weighted by Crippen LogP contribution is 2.36. The molecule has 4 nitrogen and oxygen atoms in total. The van der Waals surface area contributed by atoms with Crippen molar-refractivity contribution in [3.05, 3.63) is 59.4 Å². The molecule has 0 spiro atoms. The van der Waals surface area contributed by atoms with Crippen LogP contribution in [0.4, 0.5) is 0 Å². The minimum absolute atomic E-state index is 0.611. The molecule has 1 unspecified atom stereocenters. The van der Waals surface area contributed by atoms with Crippen LogP contribution < -0.4 is 4.74 Å². The molecule has 0 N–H and O–H groups in total. The zero-order valence-corrected chi connectivity index (χ0v) is 15.0. The molecule has 5 heteroatoms. The topological polar surface area (TPSA) is 49.4 Å². The Morgan fingerprint density at radius 1 is 1.21 bits per heavy atom. The first-order valence-electron chi connectivity index (χ1n) is 7.70. The summed E-state index contributed by atoms with van der Waals surface area (Å²) in [7, 11) is 2.85. The number of aryl methyl sites for hydroxylation is 1. The molecule has 0 fully saturated rings. The van der Waals surface area contributed by atoms with E-state index in [1.54, 1.807) is 24.3 Å². The zero-order valence-electron chi connectivity index (χ0n) is 14.0. The van der Waals surface area contributed by atoms with Crippen LogP contribution in [0.3, 0.4) is 0 Å². The fraction of sp³-hybridized carbons (Fsp3) is 0.211. The van der Waals surface area contributed by atoms with Crippen molar-refractivity contribution >= 4 is 19.7 Å². The van der Waals surface area contributed by atoms with Gasteiger partial charge in [-0.15, -0.1) is 0 Å². The van der Waals surface area contributed by atoms with E-state index in [0.29, 0.717) is 17.1 Å². The normalized spacial score (nSPS) is 11.5. The predicted molar refractivity (Wildman–Crippen MR) is 97.9 cm³/mol. The molecular weight excluding hydrogens is 319 g/mol. The van der Waals surface area contributed by atoms with Crippen LogP contribution in [-0.4, -0.2) is 18.4 Å². The molecule has 1 aromatic heterocycles. The van der Waals surface area contributed by atoms with Crippen LogP contribution in [-0.2, 0) is 6.54 Å². The highest BCUT2D eigenvalue weighted by atomic mass is 31.1. The van der Waals surface area contributed by atoms with Crippen molar-refractivity contribution in [2.75, 3.05) is 13.7 Å². The maximum absolute atomic E-state index is 8.88. The Morgan fingerprint density at radius 3 is 2.62 bits per heavy atom. The van der Waals surface area contributed by atoms with Gasteiger partial charge in [0.2, 0.25) is 0 Å². The predicted octanol–water partition coefficient (Wildman–Crippen LogP) is 5.06. The van der Waals surface area contributed by atoms with Gasteiger partial charge in [0.05, 0.1) is 11.6 Å². The second-order valence-electron chi connectivity index (χ2n) is 5.59. The molecule has 0 aliphatic carbocycles. The molecule has 0 radical (unpaired) electrons. The number of furan rings is 1. The van der Waals surface area contributed by atoms with Crippen LogP contribution in [0.2, 0.25) is 0 Å². The number of rotatable bonds is 5. The SMILES string of the molecule is CPN(C)Cc1c(C)oc2c(Oc3ccc(C#N)cc3)cccc12. The van der Waals surface area contributed by atoms with Crippen molar-refractivity contribution in [2.45, 2.75) is 13.5 Å². The Balaban J connectivity index is 1.97. The first-order chi connectivity index (χ1) is 11.6. The van der Waals surface area contributed by atoms with Crippen LogP contribution in [0, 0.1) is 18.3 Å². The molecule has 1 heterocycles. The molecule has 0 saturated heterocycles. The lowest BCUT2D eigenvalue weighted by Crippen LogP contribution is -2.06.